The average molecular weight is 254 g/mol. The highest BCUT2D eigenvalue weighted by Gasteiger charge is 2.20. The standard InChI is InChI=1S/C12H16BrN/c1-9(2)6-14-7-10-4-3-5-12(13)11(10)8-14/h3-5,9H,6-8H2,1-2H3. The molecule has 2 heteroatoms. The number of benzene rings is 1. The summed E-state index contributed by atoms with van der Waals surface area (Å²) in [7, 11) is 0. The number of rotatable bonds is 2. The van der Waals surface area contributed by atoms with Crippen molar-refractivity contribution >= 4 is 15.9 Å². The fraction of sp³-hybridized carbons (Fsp3) is 0.500. The van der Waals surface area contributed by atoms with Gasteiger partial charge < -0.3 is 0 Å². The summed E-state index contributed by atoms with van der Waals surface area (Å²) in [6, 6.07) is 6.50. The maximum absolute atomic E-state index is 3.61. The van der Waals surface area contributed by atoms with Crippen LogP contribution in [0.2, 0.25) is 0 Å². The van der Waals surface area contributed by atoms with E-state index in [0.29, 0.717) is 0 Å². The molecule has 0 saturated carbocycles. The summed E-state index contributed by atoms with van der Waals surface area (Å²) in [4.78, 5) is 2.51. The van der Waals surface area contributed by atoms with Gasteiger partial charge in [-0.25, -0.2) is 0 Å². The first-order valence-electron chi connectivity index (χ1n) is 5.15. The first-order chi connectivity index (χ1) is 6.66. The van der Waals surface area contributed by atoms with E-state index in [2.05, 4.69) is 52.9 Å². The molecule has 0 spiro atoms. The molecule has 2 rings (SSSR count). The molecule has 76 valence electrons. The molecule has 0 aliphatic carbocycles. The highest BCUT2D eigenvalue weighted by atomic mass is 79.9. The maximum Gasteiger partial charge on any atom is 0.0251 e. The molecule has 0 fully saturated rings. The summed E-state index contributed by atoms with van der Waals surface area (Å²) >= 11 is 3.61. The van der Waals surface area contributed by atoms with Gasteiger partial charge >= 0.3 is 0 Å². The molecule has 0 bridgehead atoms. The van der Waals surface area contributed by atoms with Crippen LogP contribution in [0.15, 0.2) is 22.7 Å². The molecule has 0 amide bonds. The average Bonchev–Trinajstić information content (AvgIpc) is 2.47. The van der Waals surface area contributed by atoms with Crippen LogP contribution in [0, 0.1) is 5.92 Å². The van der Waals surface area contributed by atoms with Gasteiger partial charge in [-0.05, 0) is 23.1 Å². The van der Waals surface area contributed by atoms with Crippen molar-refractivity contribution in [2.24, 2.45) is 5.92 Å². The number of hydrogen-bond donors (Lipinski definition) is 0. The highest BCUT2D eigenvalue weighted by Crippen LogP contribution is 2.29. The monoisotopic (exact) mass is 253 g/mol. The lowest BCUT2D eigenvalue weighted by atomic mass is 10.1. The minimum absolute atomic E-state index is 0.753. The van der Waals surface area contributed by atoms with E-state index in [-0.39, 0.29) is 0 Å². The minimum atomic E-state index is 0.753. The zero-order valence-corrected chi connectivity index (χ0v) is 10.3. The summed E-state index contributed by atoms with van der Waals surface area (Å²) in [5.74, 6) is 0.753. The van der Waals surface area contributed by atoms with Crippen molar-refractivity contribution in [3.05, 3.63) is 33.8 Å². The summed E-state index contributed by atoms with van der Waals surface area (Å²) in [6.07, 6.45) is 0. The third-order valence-electron chi connectivity index (χ3n) is 2.61. The van der Waals surface area contributed by atoms with Gasteiger partial charge in [-0.15, -0.1) is 0 Å². The Morgan fingerprint density at radius 1 is 1.36 bits per heavy atom. The third kappa shape index (κ3) is 2.01. The zero-order chi connectivity index (χ0) is 10.1. The first kappa shape index (κ1) is 10.2. The fourth-order valence-corrected chi connectivity index (χ4v) is 2.63. The summed E-state index contributed by atoms with van der Waals surface area (Å²) in [6.45, 7) is 7.97. The quantitative estimate of drug-likeness (QED) is 0.781. The molecular formula is C12H16BrN. The minimum Gasteiger partial charge on any atom is -0.295 e. The van der Waals surface area contributed by atoms with Crippen molar-refractivity contribution in [2.45, 2.75) is 26.9 Å². The van der Waals surface area contributed by atoms with E-state index in [9.17, 15) is 0 Å². The van der Waals surface area contributed by atoms with Gasteiger partial charge in [0.25, 0.3) is 0 Å². The van der Waals surface area contributed by atoms with Crippen molar-refractivity contribution in [3.63, 3.8) is 0 Å². The van der Waals surface area contributed by atoms with Gasteiger partial charge in [0, 0.05) is 24.1 Å². The normalized spacial score (nSPS) is 16.3. The number of nitrogens with zero attached hydrogens (tertiary/aromatic N) is 1. The Hall–Kier alpha value is -0.340. The Morgan fingerprint density at radius 2 is 2.14 bits per heavy atom. The molecule has 1 aromatic rings. The second-order valence-corrected chi connectivity index (χ2v) is 5.30. The molecule has 0 unspecified atom stereocenters. The van der Waals surface area contributed by atoms with Crippen LogP contribution in [0.25, 0.3) is 0 Å². The maximum atomic E-state index is 3.61. The van der Waals surface area contributed by atoms with E-state index in [0.717, 1.165) is 19.0 Å². The van der Waals surface area contributed by atoms with E-state index < -0.39 is 0 Å². The molecule has 0 atom stereocenters. The van der Waals surface area contributed by atoms with E-state index in [1.807, 2.05) is 0 Å². The van der Waals surface area contributed by atoms with Gasteiger partial charge in [0.1, 0.15) is 0 Å². The van der Waals surface area contributed by atoms with Crippen LogP contribution in [0.1, 0.15) is 25.0 Å². The second kappa shape index (κ2) is 4.03. The third-order valence-corrected chi connectivity index (χ3v) is 3.36. The lowest BCUT2D eigenvalue weighted by Crippen LogP contribution is -2.21. The molecule has 1 aliphatic rings. The van der Waals surface area contributed by atoms with E-state index in [1.54, 1.807) is 0 Å². The molecule has 0 aromatic heterocycles. The van der Waals surface area contributed by atoms with Crippen molar-refractivity contribution in [3.8, 4) is 0 Å². The Labute approximate surface area is 94.2 Å². The van der Waals surface area contributed by atoms with Crippen LogP contribution in [0.5, 0.6) is 0 Å². The van der Waals surface area contributed by atoms with Gasteiger partial charge in [0.05, 0.1) is 0 Å². The van der Waals surface area contributed by atoms with Crippen molar-refractivity contribution in [2.75, 3.05) is 6.54 Å². The van der Waals surface area contributed by atoms with E-state index >= 15 is 0 Å². The van der Waals surface area contributed by atoms with Crippen LogP contribution in [0.3, 0.4) is 0 Å². The predicted octanol–water partition coefficient (Wildman–Crippen LogP) is 3.42. The van der Waals surface area contributed by atoms with Crippen molar-refractivity contribution in [1.29, 1.82) is 0 Å². The molecule has 0 saturated heterocycles. The number of hydrogen-bond acceptors (Lipinski definition) is 1. The molecule has 1 heterocycles. The lowest BCUT2D eigenvalue weighted by molar-refractivity contribution is 0.251. The summed E-state index contributed by atoms with van der Waals surface area (Å²) in [5.41, 5.74) is 2.97. The van der Waals surface area contributed by atoms with Crippen molar-refractivity contribution < 1.29 is 0 Å². The molecule has 1 nitrogen and oxygen atoms in total. The molecular weight excluding hydrogens is 238 g/mol. The van der Waals surface area contributed by atoms with Crippen LogP contribution in [0.4, 0.5) is 0 Å². The lowest BCUT2D eigenvalue weighted by Gasteiger charge is -2.16. The molecule has 14 heavy (non-hydrogen) atoms. The van der Waals surface area contributed by atoms with Gasteiger partial charge in [-0.2, -0.15) is 0 Å². The van der Waals surface area contributed by atoms with Crippen LogP contribution in [-0.2, 0) is 13.1 Å². The molecule has 0 N–H and O–H groups in total. The molecule has 1 aliphatic heterocycles. The largest absolute Gasteiger partial charge is 0.295 e. The Morgan fingerprint density at radius 3 is 2.79 bits per heavy atom. The Balaban J connectivity index is 2.14. The van der Waals surface area contributed by atoms with Gasteiger partial charge in [0.2, 0.25) is 0 Å². The van der Waals surface area contributed by atoms with E-state index in [4.69, 9.17) is 0 Å². The second-order valence-electron chi connectivity index (χ2n) is 4.44. The SMILES string of the molecule is CC(C)CN1Cc2cccc(Br)c2C1. The first-order valence-corrected chi connectivity index (χ1v) is 5.94. The van der Waals surface area contributed by atoms with Gasteiger partial charge in [0.15, 0.2) is 0 Å². The van der Waals surface area contributed by atoms with Gasteiger partial charge in [-0.1, -0.05) is 41.9 Å². The van der Waals surface area contributed by atoms with Gasteiger partial charge in [-0.3, -0.25) is 4.90 Å². The van der Waals surface area contributed by atoms with Crippen LogP contribution >= 0.6 is 15.9 Å². The van der Waals surface area contributed by atoms with Crippen molar-refractivity contribution in [1.82, 2.24) is 4.90 Å². The van der Waals surface area contributed by atoms with E-state index in [1.165, 1.54) is 22.1 Å². The fourth-order valence-electron chi connectivity index (χ4n) is 2.09. The predicted molar refractivity (Wildman–Crippen MR) is 63.1 cm³/mol. The smallest absolute Gasteiger partial charge is 0.0251 e. The zero-order valence-electron chi connectivity index (χ0n) is 8.76. The summed E-state index contributed by atoms with van der Waals surface area (Å²) in [5, 5.41) is 0. The summed E-state index contributed by atoms with van der Waals surface area (Å²) < 4.78 is 1.27. The molecule has 0 radical (unpaired) electrons. The van der Waals surface area contributed by atoms with Crippen LogP contribution < -0.4 is 0 Å². The number of fused-ring (bicyclic) bond motifs is 1. The Kier molecular flexibility index (Phi) is 2.93. The highest BCUT2D eigenvalue weighted by molar-refractivity contribution is 9.10. The van der Waals surface area contributed by atoms with Crippen LogP contribution in [-0.4, -0.2) is 11.4 Å². The molecule has 1 aromatic carbocycles. The Bertz CT molecular complexity index is 333. The topological polar surface area (TPSA) is 3.24 Å². The number of halogens is 1.